The van der Waals surface area contributed by atoms with E-state index < -0.39 is 17.9 Å². The summed E-state index contributed by atoms with van der Waals surface area (Å²) < 4.78 is 13.8. The van der Waals surface area contributed by atoms with E-state index in [2.05, 4.69) is 21.1 Å². The van der Waals surface area contributed by atoms with Crippen molar-refractivity contribution in [2.24, 2.45) is 10.8 Å². The van der Waals surface area contributed by atoms with Gasteiger partial charge in [-0.1, -0.05) is 35.3 Å². The van der Waals surface area contributed by atoms with Gasteiger partial charge < -0.3 is 5.32 Å². The molecule has 2 unspecified atom stereocenters. The first-order chi connectivity index (χ1) is 14.9. The van der Waals surface area contributed by atoms with E-state index in [9.17, 15) is 9.18 Å². The molecule has 1 saturated carbocycles. The van der Waals surface area contributed by atoms with Crippen LogP contribution in [0.2, 0.25) is 10.0 Å². The van der Waals surface area contributed by atoms with Crippen molar-refractivity contribution < 1.29 is 9.18 Å². The van der Waals surface area contributed by atoms with E-state index in [0.29, 0.717) is 17.4 Å². The predicted octanol–water partition coefficient (Wildman–Crippen LogP) is 3.51. The summed E-state index contributed by atoms with van der Waals surface area (Å²) in [5, 5.41) is 8.06. The van der Waals surface area contributed by atoms with Gasteiger partial charge in [0, 0.05) is 23.0 Å². The quantitative estimate of drug-likeness (QED) is 0.315. The van der Waals surface area contributed by atoms with E-state index in [0.717, 1.165) is 30.9 Å². The molecule has 0 bridgehead atoms. The molecule has 0 aromatic heterocycles. The van der Waals surface area contributed by atoms with E-state index in [1.54, 1.807) is 0 Å². The molecule has 31 heavy (non-hydrogen) atoms. The minimum absolute atomic E-state index is 0.0397. The Bertz CT molecular complexity index is 982. The van der Waals surface area contributed by atoms with E-state index >= 15 is 0 Å². The summed E-state index contributed by atoms with van der Waals surface area (Å²) >= 11 is 11.7. The lowest BCUT2D eigenvalue weighted by atomic mass is 9.93. The number of halogens is 3. The van der Waals surface area contributed by atoms with E-state index in [4.69, 9.17) is 29.0 Å². The van der Waals surface area contributed by atoms with Crippen molar-refractivity contribution in [3.8, 4) is 0 Å². The number of amides is 1. The highest BCUT2D eigenvalue weighted by atomic mass is 35.5. The Labute approximate surface area is 189 Å². The average molecular weight is 465 g/mol. The number of rotatable bonds is 4. The number of benzene rings is 2. The summed E-state index contributed by atoms with van der Waals surface area (Å²) in [5.41, 5.74) is 4.37. The summed E-state index contributed by atoms with van der Waals surface area (Å²) in [5.74, 6) is 5.30. The van der Waals surface area contributed by atoms with E-state index in [1.807, 2.05) is 24.3 Å². The molecule has 1 aliphatic heterocycles. The minimum atomic E-state index is -0.654. The van der Waals surface area contributed by atoms with Crippen molar-refractivity contribution >= 4 is 35.1 Å². The number of nitrogens with two attached hydrogens (primary N) is 1. The van der Waals surface area contributed by atoms with Gasteiger partial charge in [-0.05, 0) is 55.2 Å². The molecule has 2 fully saturated rings. The Hall–Kier alpha value is -2.23. The lowest BCUT2D eigenvalue weighted by molar-refractivity contribution is 0.0974. The molecule has 2 aromatic carbocycles. The standard InChI is InChI=1S/C21H23Cl2FN6O/c22-14-7-4-12(5-8-14)18-11-19(30(25)29-18)27-21(26-15-2-1-3-15)28-20(31)13-6-9-16(23)17(24)10-13/h4-10,15,18-19,29H,1-3,11,25H2,(H2,26,27,28,31). The van der Waals surface area contributed by atoms with Gasteiger partial charge in [0.05, 0.1) is 11.1 Å². The van der Waals surface area contributed by atoms with Crippen LogP contribution in [-0.2, 0) is 0 Å². The first-order valence-corrected chi connectivity index (χ1v) is 10.8. The molecule has 0 radical (unpaired) electrons. The van der Waals surface area contributed by atoms with Crippen LogP contribution in [0.3, 0.4) is 0 Å². The minimum Gasteiger partial charge on any atom is -0.353 e. The molecule has 2 atom stereocenters. The van der Waals surface area contributed by atoms with Gasteiger partial charge in [0.2, 0.25) is 0 Å². The molecular weight excluding hydrogens is 442 g/mol. The number of carbonyl (C=O) groups excluding carboxylic acids is 1. The van der Waals surface area contributed by atoms with Crippen LogP contribution in [0.25, 0.3) is 0 Å². The van der Waals surface area contributed by atoms with Gasteiger partial charge in [0.15, 0.2) is 5.96 Å². The molecular formula is C21H23Cl2FN6O. The van der Waals surface area contributed by atoms with E-state index in [1.165, 1.54) is 17.3 Å². The zero-order valence-electron chi connectivity index (χ0n) is 16.6. The number of aliphatic imine (C=N–C) groups is 1. The van der Waals surface area contributed by atoms with Gasteiger partial charge in [-0.25, -0.2) is 14.8 Å². The van der Waals surface area contributed by atoms with Gasteiger partial charge in [0.25, 0.3) is 5.91 Å². The van der Waals surface area contributed by atoms with Crippen LogP contribution in [0.15, 0.2) is 47.5 Å². The highest BCUT2D eigenvalue weighted by Gasteiger charge is 2.31. The van der Waals surface area contributed by atoms with Crippen LogP contribution in [0.1, 0.15) is 47.6 Å². The number of hydrazine groups is 2. The summed E-state index contributed by atoms with van der Waals surface area (Å²) in [7, 11) is 0. The van der Waals surface area contributed by atoms with Gasteiger partial charge in [-0.3, -0.25) is 16.0 Å². The van der Waals surface area contributed by atoms with Crippen molar-refractivity contribution in [1.29, 1.82) is 0 Å². The number of guanidine groups is 1. The van der Waals surface area contributed by atoms with Crippen molar-refractivity contribution in [2.45, 2.75) is 43.9 Å². The normalized spacial score (nSPS) is 22.3. The average Bonchev–Trinajstić information content (AvgIpc) is 3.07. The zero-order valence-corrected chi connectivity index (χ0v) is 18.1. The first kappa shape index (κ1) is 22.0. The molecule has 2 aliphatic rings. The van der Waals surface area contributed by atoms with Gasteiger partial charge >= 0.3 is 0 Å². The molecule has 10 heteroatoms. The van der Waals surface area contributed by atoms with Crippen LogP contribution < -0.4 is 21.9 Å². The van der Waals surface area contributed by atoms with E-state index in [-0.39, 0.29) is 22.7 Å². The maximum atomic E-state index is 13.8. The zero-order chi connectivity index (χ0) is 22.0. The Morgan fingerprint density at radius 2 is 1.94 bits per heavy atom. The molecule has 7 nitrogen and oxygen atoms in total. The van der Waals surface area contributed by atoms with Crippen molar-refractivity contribution in [3.05, 3.63) is 69.5 Å². The molecule has 4 rings (SSSR count). The largest absolute Gasteiger partial charge is 0.353 e. The fourth-order valence-electron chi connectivity index (χ4n) is 3.48. The molecule has 1 heterocycles. The predicted molar refractivity (Wildman–Crippen MR) is 119 cm³/mol. The Morgan fingerprint density at radius 3 is 2.58 bits per heavy atom. The lowest BCUT2D eigenvalue weighted by Crippen LogP contribution is -2.50. The highest BCUT2D eigenvalue weighted by molar-refractivity contribution is 6.31. The van der Waals surface area contributed by atoms with Crippen molar-refractivity contribution in [2.75, 3.05) is 0 Å². The number of hydrogen-bond donors (Lipinski definition) is 4. The number of carbonyl (C=O) groups is 1. The molecule has 1 aliphatic carbocycles. The van der Waals surface area contributed by atoms with Crippen LogP contribution in [0, 0.1) is 5.82 Å². The number of nitrogens with zero attached hydrogens (tertiary/aromatic N) is 2. The fraction of sp³-hybridized carbons (Fsp3) is 0.333. The molecule has 1 saturated heterocycles. The van der Waals surface area contributed by atoms with Crippen LogP contribution in [0.4, 0.5) is 4.39 Å². The SMILES string of the molecule is NN1NC(c2ccc(Cl)cc2)CC1N=C(NC(=O)c1ccc(Cl)c(F)c1)NC1CCC1. The van der Waals surface area contributed by atoms with Crippen LogP contribution in [0.5, 0.6) is 0 Å². The number of hydrogen-bond acceptors (Lipinski definition) is 5. The topological polar surface area (TPSA) is 94.8 Å². The molecule has 5 N–H and O–H groups in total. The fourth-order valence-corrected chi connectivity index (χ4v) is 3.72. The third-order valence-corrected chi connectivity index (χ3v) is 6.04. The second-order valence-electron chi connectivity index (χ2n) is 7.69. The highest BCUT2D eigenvalue weighted by Crippen LogP contribution is 2.27. The third-order valence-electron chi connectivity index (χ3n) is 5.48. The molecule has 0 spiro atoms. The van der Waals surface area contributed by atoms with Crippen LogP contribution in [-0.4, -0.2) is 29.2 Å². The van der Waals surface area contributed by atoms with Gasteiger partial charge in [-0.15, -0.1) is 0 Å². The molecule has 164 valence electrons. The maximum absolute atomic E-state index is 13.8. The Balaban J connectivity index is 1.50. The summed E-state index contributed by atoms with van der Waals surface area (Å²) in [6.45, 7) is 0. The van der Waals surface area contributed by atoms with Gasteiger partial charge in [-0.2, -0.15) is 5.12 Å². The first-order valence-electron chi connectivity index (χ1n) is 10.1. The van der Waals surface area contributed by atoms with Crippen LogP contribution >= 0.6 is 23.2 Å². The Kier molecular flexibility index (Phi) is 6.74. The summed E-state index contributed by atoms with van der Waals surface area (Å²) in [6.07, 6.45) is 3.29. The van der Waals surface area contributed by atoms with Crippen molar-refractivity contribution in [3.63, 3.8) is 0 Å². The number of nitrogens with one attached hydrogen (secondary N) is 3. The summed E-state index contributed by atoms with van der Waals surface area (Å²) in [4.78, 5) is 17.3. The molecule has 1 amide bonds. The Morgan fingerprint density at radius 1 is 1.19 bits per heavy atom. The molecule has 2 aromatic rings. The van der Waals surface area contributed by atoms with Gasteiger partial charge in [0.1, 0.15) is 12.0 Å². The second kappa shape index (κ2) is 9.50. The second-order valence-corrected chi connectivity index (χ2v) is 8.53. The monoisotopic (exact) mass is 464 g/mol. The lowest BCUT2D eigenvalue weighted by Gasteiger charge is -2.28. The third kappa shape index (κ3) is 5.34. The maximum Gasteiger partial charge on any atom is 0.258 e. The van der Waals surface area contributed by atoms with Crippen molar-refractivity contribution in [1.82, 2.24) is 21.2 Å². The summed E-state index contributed by atoms with van der Waals surface area (Å²) in [6, 6.07) is 11.6. The smallest absolute Gasteiger partial charge is 0.258 e.